The van der Waals surface area contributed by atoms with Crippen LogP contribution in [0.3, 0.4) is 0 Å². The Labute approximate surface area is 96.6 Å². The smallest absolute Gasteiger partial charge is 0.251 e. The summed E-state index contributed by atoms with van der Waals surface area (Å²) in [4.78, 5) is 11.5. The monoisotopic (exact) mass is 272 g/mol. The molecule has 0 aliphatic rings. The Morgan fingerprint density at radius 2 is 2.27 bits per heavy atom. The molecule has 0 spiro atoms. The van der Waals surface area contributed by atoms with E-state index in [4.69, 9.17) is 5.73 Å². The zero-order valence-electron chi connectivity index (χ0n) is 8.16. The van der Waals surface area contributed by atoms with Gasteiger partial charge in [-0.2, -0.15) is 0 Å². The topological polar surface area (TPSA) is 75.3 Å². The molecule has 0 fully saturated rings. The molecule has 4 N–H and O–H groups in total. The van der Waals surface area contributed by atoms with E-state index in [1.54, 1.807) is 12.1 Å². The quantitative estimate of drug-likeness (QED) is 0.722. The Bertz CT molecular complexity index is 355. The van der Waals surface area contributed by atoms with Gasteiger partial charge < -0.3 is 16.2 Å². The Hall–Kier alpha value is -1.07. The van der Waals surface area contributed by atoms with Crippen LogP contribution in [-0.2, 0) is 0 Å². The van der Waals surface area contributed by atoms with Crippen molar-refractivity contribution in [3.63, 3.8) is 0 Å². The van der Waals surface area contributed by atoms with Gasteiger partial charge in [0.15, 0.2) is 0 Å². The molecule has 1 aromatic carbocycles. The van der Waals surface area contributed by atoms with Crippen LogP contribution in [0.2, 0.25) is 0 Å². The van der Waals surface area contributed by atoms with Crippen molar-refractivity contribution in [3.8, 4) is 5.75 Å². The van der Waals surface area contributed by atoms with E-state index >= 15 is 0 Å². The molecule has 0 aliphatic carbocycles. The minimum absolute atomic E-state index is 0.0569. The molecule has 0 unspecified atom stereocenters. The number of hydrogen-bond acceptors (Lipinski definition) is 3. The van der Waals surface area contributed by atoms with E-state index in [-0.39, 0.29) is 11.7 Å². The van der Waals surface area contributed by atoms with Gasteiger partial charge in [0, 0.05) is 12.1 Å². The molecule has 82 valence electrons. The van der Waals surface area contributed by atoms with Gasteiger partial charge in [0.2, 0.25) is 0 Å². The maximum absolute atomic E-state index is 11.5. The van der Waals surface area contributed by atoms with Gasteiger partial charge in [0.25, 0.3) is 5.91 Å². The lowest BCUT2D eigenvalue weighted by Gasteiger charge is -2.05. The lowest BCUT2D eigenvalue weighted by Crippen LogP contribution is -2.25. The number of carbonyl (C=O) groups is 1. The number of phenolic OH excluding ortho intramolecular Hbond substituents is 1. The number of phenols is 1. The summed E-state index contributed by atoms with van der Waals surface area (Å²) in [6.07, 6.45) is 0.744. The Balaban J connectivity index is 2.62. The highest BCUT2D eigenvalue weighted by atomic mass is 79.9. The maximum atomic E-state index is 11.5. The minimum atomic E-state index is -0.203. The fourth-order valence-corrected chi connectivity index (χ4v) is 1.31. The standard InChI is InChI=1S/C10H13BrN2O2/c11-8-3-2-7(6-9(8)14)10(15)13-5-1-4-12/h2-3,6,14H,1,4-5,12H2,(H,13,15). The van der Waals surface area contributed by atoms with E-state index in [1.165, 1.54) is 6.07 Å². The molecule has 0 atom stereocenters. The van der Waals surface area contributed by atoms with Crippen LogP contribution in [0.1, 0.15) is 16.8 Å². The van der Waals surface area contributed by atoms with E-state index in [9.17, 15) is 9.90 Å². The average molecular weight is 273 g/mol. The van der Waals surface area contributed by atoms with Crippen molar-refractivity contribution in [1.82, 2.24) is 5.32 Å². The van der Waals surface area contributed by atoms with Crippen LogP contribution in [0.5, 0.6) is 5.75 Å². The van der Waals surface area contributed by atoms with Crippen LogP contribution in [-0.4, -0.2) is 24.1 Å². The fourth-order valence-electron chi connectivity index (χ4n) is 1.06. The Morgan fingerprint density at radius 1 is 1.53 bits per heavy atom. The third-order valence-corrected chi connectivity index (χ3v) is 2.55. The number of aromatic hydroxyl groups is 1. The fraction of sp³-hybridized carbons (Fsp3) is 0.300. The third kappa shape index (κ3) is 3.53. The zero-order valence-corrected chi connectivity index (χ0v) is 9.75. The summed E-state index contributed by atoms with van der Waals surface area (Å²) in [7, 11) is 0. The summed E-state index contributed by atoms with van der Waals surface area (Å²) < 4.78 is 0.570. The molecule has 1 aromatic rings. The summed E-state index contributed by atoms with van der Waals surface area (Å²) in [5.74, 6) is -0.146. The van der Waals surface area contributed by atoms with Gasteiger partial charge in [-0.1, -0.05) is 0 Å². The molecular formula is C10H13BrN2O2. The predicted molar refractivity (Wildman–Crippen MR) is 61.8 cm³/mol. The first-order chi connectivity index (χ1) is 7.15. The second-order valence-electron chi connectivity index (χ2n) is 3.06. The van der Waals surface area contributed by atoms with Gasteiger partial charge in [0.05, 0.1) is 4.47 Å². The van der Waals surface area contributed by atoms with Crippen molar-refractivity contribution in [2.45, 2.75) is 6.42 Å². The van der Waals surface area contributed by atoms with E-state index in [1.807, 2.05) is 0 Å². The highest BCUT2D eigenvalue weighted by Crippen LogP contribution is 2.24. The molecule has 0 aromatic heterocycles. The first-order valence-corrected chi connectivity index (χ1v) is 5.41. The van der Waals surface area contributed by atoms with Crippen molar-refractivity contribution >= 4 is 21.8 Å². The molecule has 0 saturated heterocycles. The van der Waals surface area contributed by atoms with Crippen molar-refractivity contribution in [2.24, 2.45) is 5.73 Å². The Kier molecular flexibility index (Phi) is 4.58. The molecule has 1 rings (SSSR count). The number of nitrogens with two attached hydrogens (primary N) is 1. The highest BCUT2D eigenvalue weighted by molar-refractivity contribution is 9.10. The minimum Gasteiger partial charge on any atom is -0.507 e. The molecule has 0 aliphatic heterocycles. The van der Waals surface area contributed by atoms with Crippen molar-refractivity contribution in [3.05, 3.63) is 28.2 Å². The molecular weight excluding hydrogens is 260 g/mol. The lowest BCUT2D eigenvalue weighted by molar-refractivity contribution is 0.0953. The van der Waals surface area contributed by atoms with Crippen LogP contribution in [0.15, 0.2) is 22.7 Å². The molecule has 15 heavy (non-hydrogen) atoms. The van der Waals surface area contributed by atoms with E-state index in [2.05, 4.69) is 21.2 Å². The summed E-state index contributed by atoms with van der Waals surface area (Å²) in [6, 6.07) is 4.69. The maximum Gasteiger partial charge on any atom is 0.251 e. The van der Waals surface area contributed by atoms with Crippen LogP contribution < -0.4 is 11.1 Å². The number of benzene rings is 1. The molecule has 5 heteroatoms. The zero-order chi connectivity index (χ0) is 11.3. The highest BCUT2D eigenvalue weighted by Gasteiger charge is 2.06. The third-order valence-electron chi connectivity index (χ3n) is 1.87. The number of rotatable bonds is 4. The van der Waals surface area contributed by atoms with Crippen LogP contribution in [0, 0.1) is 0 Å². The number of nitrogens with one attached hydrogen (secondary N) is 1. The number of carbonyl (C=O) groups excluding carboxylic acids is 1. The van der Waals surface area contributed by atoms with Crippen molar-refractivity contribution in [2.75, 3.05) is 13.1 Å². The van der Waals surface area contributed by atoms with Gasteiger partial charge in [-0.3, -0.25) is 4.79 Å². The number of halogens is 1. The largest absolute Gasteiger partial charge is 0.507 e. The number of hydrogen-bond donors (Lipinski definition) is 3. The van der Waals surface area contributed by atoms with Crippen LogP contribution in [0.25, 0.3) is 0 Å². The Morgan fingerprint density at radius 3 is 2.87 bits per heavy atom. The molecule has 0 saturated carbocycles. The molecule has 0 heterocycles. The second kappa shape index (κ2) is 5.72. The SMILES string of the molecule is NCCCNC(=O)c1ccc(Br)c(O)c1. The van der Waals surface area contributed by atoms with Gasteiger partial charge in [-0.15, -0.1) is 0 Å². The van der Waals surface area contributed by atoms with E-state index in [0.29, 0.717) is 23.1 Å². The summed E-state index contributed by atoms with van der Waals surface area (Å²) in [5.41, 5.74) is 5.74. The van der Waals surface area contributed by atoms with Crippen molar-refractivity contribution < 1.29 is 9.90 Å². The number of amides is 1. The van der Waals surface area contributed by atoms with E-state index in [0.717, 1.165) is 6.42 Å². The summed E-state index contributed by atoms with van der Waals surface area (Å²) in [5, 5.41) is 12.1. The first-order valence-electron chi connectivity index (χ1n) is 4.62. The summed E-state index contributed by atoms with van der Waals surface area (Å²) in [6.45, 7) is 1.10. The average Bonchev–Trinajstić information content (AvgIpc) is 2.22. The van der Waals surface area contributed by atoms with Crippen LogP contribution >= 0.6 is 15.9 Å². The van der Waals surface area contributed by atoms with Gasteiger partial charge >= 0.3 is 0 Å². The predicted octanol–water partition coefficient (Wildman–Crippen LogP) is 1.23. The normalized spacial score (nSPS) is 10.0. The van der Waals surface area contributed by atoms with Crippen molar-refractivity contribution in [1.29, 1.82) is 0 Å². The van der Waals surface area contributed by atoms with Gasteiger partial charge in [0.1, 0.15) is 5.75 Å². The molecule has 0 radical (unpaired) electrons. The second-order valence-corrected chi connectivity index (χ2v) is 3.92. The van der Waals surface area contributed by atoms with E-state index < -0.39 is 0 Å². The summed E-state index contributed by atoms with van der Waals surface area (Å²) >= 11 is 3.14. The first kappa shape index (κ1) is 12.0. The molecule has 4 nitrogen and oxygen atoms in total. The molecule has 1 amide bonds. The van der Waals surface area contributed by atoms with Crippen LogP contribution in [0.4, 0.5) is 0 Å². The molecule has 0 bridgehead atoms. The van der Waals surface area contributed by atoms with Gasteiger partial charge in [-0.25, -0.2) is 0 Å². The van der Waals surface area contributed by atoms with Gasteiger partial charge in [-0.05, 0) is 47.1 Å². The lowest BCUT2D eigenvalue weighted by atomic mass is 10.2.